The minimum absolute atomic E-state index is 0.406. The molecular weight excluding hydrogens is 184 g/mol. The van der Waals surface area contributed by atoms with Gasteiger partial charge in [0.15, 0.2) is 0 Å². The lowest BCUT2D eigenvalue weighted by Gasteiger charge is -2.24. The monoisotopic (exact) mass is 202 g/mol. The number of ketones is 1. The Labute approximate surface area is 91.5 Å². The summed E-state index contributed by atoms with van der Waals surface area (Å²) in [6.07, 6.45) is 5.27. The van der Waals surface area contributed by atoms with Crippen LogP contribution in [0.3, 0.4) is 0 Å². The summed E-state index contributed by atoms with van der Waals surface area (Å²) in [4.78, 5) is 11.7. The minimum Gasteiger partial charge on any atom is -0.299 e. The van der Waals surface area contributed by atoms with Crippen molar-refractivity contribution in [2.45, 2.75) is 39.0 Å². The molecule has 1 aromatic carbocycles. The van der Waals surface area contributed by atoms with Crippen LogP contribution < -0.4 is 0 Å². The number of rotatable bonds is 4. The summed E-state index contributed by atoms with van der Waals surface area (Å²) in [5.74, 6) is 1.10. The summed E-state index contributed by atoms with van der Waals surface area (Å²) in [5, 5.41) is 0. The smallest absolute Gasteiger partial charge is 0.137 e. The molecule has 0 heterocycles. The lowest BCUT2D eigenvalue weighted by Crippen LogP contribution is -2.17. The minimum atomic E-state index is 0.406. The number of benzene rings is 1. The number of hydrogen-bond donors (Lipinski definition) is 0. The third-order valence-electron chi connectivity index (χ3n) is 3.26. The standard InChI is InChI=1S/C14H18O/c1-11-5-7-13(8-6-11)10-14(15)9-12-3-2-4-12/h5-8,12H,2-4,9-10H2,1H3. The highest BCUT2D eigenvalue weighted by atomic mass is 16.1. The van der Waals surface area contributed by atoms with Gasteiger partial charge in [0, 0.05) is 12.8 Å². The predicted molar refractivity (Wildman–Crippen MR) is 61.8 cm³/mol. The zero-order chi connectivity index (χ0) is 10.7. The fourth-order valence-corrected chi connectivity index (χ4v) is 2.02. The Kier molecular flexibility index (Phi) is 3.20. The summed E-state index contributed by atoms with van der Waals surface area (Å²) < 4.78 is 0. The van der Waals surface area contributed by atoms with Crippen molar-refractivity contribution in [3.63, 3.8) is 0 Å². The van der Waals surface area contributed by atoms with Crippen LogP contribution in [0, 0.1) is 12.8 Å². The van der Waals surface area contributed by atoms with Gasteiger partial charge in [-0.05, 0) is 18.4 Å². The highest BCUT2D eigenvalue weighted by Crippen LogP contribution is 2.29. The van der Waals surface area contributed by atoms with E-state index in [2.05, 4.69) is 31.2 Å². The lowest BCUT2D eigenvalue weighted by atomic mass is 9.81. The van der Waals surface area contributed by atoms with E-state index in [0.29, 0.717) is 18.1 Å². The summed E-state index contributed by atoms with van der Waals surface area (Å²) in [7, 11) is 0. The average molecular weight is 202 g/mol. The van der Waals surface area contributed by atoms with E-state index in [4.69, 9.17) is 0 Å². The topological polar surface area (TPSA) is 17.1 Å². The molecular formula is C14H18O. The van der Waals surface area contributed by atoms with Crippen molar-refractivity contribution in [3.05, 3.63) is 35.4 Å². The van der Waals surface area contributed by atoms with Crippen LogP contribution in [0.4, 0.5) is 0 Å². The molecule has 0 unspecified atom stereocenters. The molecule has 0 spiro atoms. The first-order valence-corrected chi connectivity index (χ1v) is 5.81. The van der Waals surface area contributed by atoms with Gasteiger partial charge in [0.1, 0.15) is 5.78 Å². The number of carbonyl (C=O) groups is 1. The fourth-order valence-electron chi connectivity index (χ4n) is 2.02. The molecule has 0 saturated heterocycles. The van der Waals surface area contributed by atoms with E-state index in [1.165, 1.54) is 24.8 Å². The van der Waals surface area contributed by atoms with Crippen molar-refractivity contribution in [1.29, 1.82) is 0 Å². The van der Waals surface area contributed by atoms with Crippen LogP contribution >= 0.6 is 0 Å². The van der Waals surface area contributed by atoms with Gasteiger partial charge >= 0.3 is 0 Å². The van der Waals surface area contributed by atoms with E-state index in [1.807, 2.05) is 0 Å². The molecule has 1 nitrogen and oxygen atoms in total. The number of aryl methyl sites for hydroxylation is 1. The molecule has 0 N–H and O–H groups in total. The van der Waals surface area contributed by atoms with Gasteiger partial charge < -0.3 is 0 Å². The fraction of sp³-hybridized carbons (Fsp3) is 0.500. The maximum absolute atomic E-state index is 11.7. The van der Waals surface area contributed by atoms with E-state index in [0.717, 1.165) is 12.0 Å². The van der Waals surface area contributed by atoms with Gasteiger partial charge in [-0.25, -0.2) is 0 Å². The first-order chi connectivity index (χ1) is 7.24. The Morgan fingerprint density at radius 3 is 2.47 bits per heavy atom. The molecule has 1 saturated carbocycles. The van der Waals surface area contributed by atoms with E-state index in [9.17, 15) is 4.79 Å². The average Bonchev–Trinajstić information content (AvgIpc) is 2.16. The molecule has 1 heteroatoms. The molecule has 15 heavy (non-hydrogen) atoms. The van der Waals surface area contributed by atoms with Gasteiger partial charge in [0.2, 0.25) is 0 Å². The third-order valence-corrected chi connectivity index (χ3v) is 3.26. The molecule has 1 aliphatic carbocycles. The van der Waals surface area contributed by atoms with Crippen molar-refractivity contribution in [3.8, 4) is 0 Å². The first kappa shape index (κ1) is 10.4. The maximum Gasteiger partial charge on any atom is 0.137 e. The summed E-state index contributed by atoms with van der Waals surface area (Å²) in [6, 6.07) is 8.28. The zero-order valence-electron chi connectivity index (χ0n) is 9.33. The van der Waals surface area contributed by atoms with Crippen molar-refractivity contribution < 1.29 is 4.79 Å². The Morgan fingerprint density at radius 2 is 1.93 bits per heavy atom. The molecule has 2 rings (SSSR count). The van der Waals surface area contributed by atoms with Gasteiger partial charge in [0.05, 0.1) is 0 Å². The van der Waals surface area contributed by atoms with Crippen molar-refractivity contribution in [2.24, 2.45) is 5.92 Å². The molecule has 0 amide bonds. The molecule has 0 atom stereocenters. The second kappa shape index (κ2) is 4.61. The van der Waals surface area contributed by atoms with E-state index < -0.39 is 0 Å². The number of Topliss-reactive ketones (excluding diaryl/α,β-unsaturated/α-hetero) is 1. The Morgan fingerprint density at radius 1 is 1.27 bits per heavy atom. The van der Waals surface area contributed by atoms with Gasteiger partial charge in [-0.1, -0.05) is 49.1 Å². The number of hydrogen-bond acceptors (Lipinski definition) is 1. The number of carbonyl (C=O) groups excluding carboxylic acids is 1. The second-order valence-electron chi connectivity index (χ2n) is 4.70. The van der Waals surface area contributed by atoms with Gasteiger partial charge in [-0.3, -0.25) is 4.79 Å². The molecule has 0 bridgehead atoms. The van der Waals surface area contributed by atoms with Crippen molar-refractivity contribution >= 4 is 5.78 Å². The van der Waals surface area contributed by atoms with Crippen LogP contribution in [0.15, 0.2) is 24.3 Å². The van der Waals surface area contributed by atoms with Crippen LogP contribution in [-0.4, -0.2) is 5.78 Å². The molecule has 1 fully saturated rings. The summed E-state index contributed by atoms with van der Waals surface area (Å²) in [5.41, 5.74) is 2.41. The lowest BCUT2D eigenvalue weighted by molar-refractivity contribution is -0.119. The summed E-state index contributed by atoms with van der Waals surface area (Å²) >= 11 is 0. The Bertz CT molecular complexity index is 333. The van der Waals surface area contributed by atoms with Crippen LogP contribution in [0.2, 0.25) is 0 Å². The molecule has 0 radical (unpaired) electrons. The van der Waals surface area contributed by atoms with Crippen LogP contribution in [0.1, 0.15) is 36.8 Å². The molecule has 1 aromatic rings. The Hall–Kier alpha value is -1.11. The van der Waals surface area contributed by atoms with Gasteiger partial charge in [-0.2, -0.15) is 0 Å². The molecule has 1 aliphatic rings. The zero-order valence-corrected chi connectivity index (χ0v) is 9.33. The van der Waals surface area contributed by atoms with Gasteiger partial charge in [0.25, 0.3) is 0 Å². The van der Waals surface area contributed by atoms with Crippen LogP contribution in [0.25, 0.3) is 0 Å². The Balaban J connectivity index is 1.84. The molecule has 80 valence electrons. The summed E-state index contributed by atoms with van der Waals surface area (Å²) in [6.45, 7) is 2.07. The van der Waals surface area contributed by atoms with Gasteiger partial charge in [-0.15, -0.1) is 0 Å². The second-order valence-corrected chi connectivity index (χ2v) is 4.70. The van der Waals surface area contributed by atoms with Crippen LogP contribution in [-0.2, 0) is 11.2 Å². The quantitative estimate of drug-likeness (QED) is 0.732. The SMILES string of the molecule is Cc1ccc(CC(=O)CC2CCC2)cc1. The largest absolute Gasteiger partial charge is 0.299 e. The van der Waals surface area contributed by atoms with E-state index >= 15 is 0 Å². The third kappa shape index (κ3) is 2.92. The first-order valence-electron chi connectivity index (χ1n) is 5.81. The predicted octanol–water partition coefficient (Wildman–Crippen LogP) is 3.30. The normalized spacial score (nSPS) is 16.1. The highest BCUT2D eigenvalue weighted by Gasteiger charge is 2.20. The van der Waals surface area contributed by atoms with E-state index in [1.54, 1.807) is 0 Å². The van der Waals surface area contributed by atoms with Crippen molar-refractivity contribution in [2.75, 3.05) is 0 Å². The van der Waals surface area contributed by atoms with Crippen molar-refractivity contribution in [1.82, 2.24) is 0 Å². The maximum atomic E-state index is 11.7. The van der Waals surface area contributed by atoms with Crippen LogP contribution in [0.5, 0.6) is 0 Å². The highest BCUT2D eigenvalue weighted by molar-refractivity contribution is 5.81. The molecule has 0 aliphatic heterocycles. The molecule has 0 aromatic heterocycles. The van der Waals surface area contributed by atoms with E-state index in [-0.39, 0.29) is 0 Å².